The molecule has 0 radical (unpaired) electrons. The highest BCUT2D eigenvalue weighted by molar-refractivity contribution is 6.01. The molecule has 0 saturated heterocycles. The summed E-state index contributed by atoms with van der Waals surface area (Å²) in [7, 11) is 0. The molecule has 0 amide bonds. The lowest BCUT2D eigenvalue weighted by Gasteiger charge is -2.04. The Morgan fingerprint density at radius 2 is 1.79 bits per heavy atom. The smallest absolute Gasteiger partial charge is 0.351 e. The lowest BCUT2D eigenvalue weighted by molar-refractivity contribution is -0.0601. The summed E-state index contributed by atoms with van der Waals surface area (Å²) in [5, 5.41) is 9.25. The zero-order valence-electron chi connectivity index (χ0n) is 10.3. The summed E-state index contributed by atoms with van der Waals surface area (Å²) in [4.78, 5) is 0. The van der Waals surface area contributed by atoms with Gasteiger partial charge in [0.2, 0.25) is 0 Å². The van der Waals surface area contributed by atoms with E-state index >= 15 is 0 Å². The third kappa shape index (κ3) is 3.64. The van der Waals surface area contributed by atoms with Crippen LogP contribution in [0.25, 0.3) is 11.0 Å². The fourth-order valence-corrected chi connectivity index (χ4v) is 1.24. The van der Waals surface area contributed by atoms with Gasteiger partial charge in [-0.2, -0.15) is 13.2 Å². The van der Waals surface area contributed by atoms with Crippen LogP contribution in [0.15, 0.2) is 39.4 Å². The average Bonchev–Trinajstić information content (AvgIpc) is 2.61. The summed E-state index contributed by atoms with van der Waals surface area (Å²) in [5.41, 5.74) is -1.26. The zero-order chi connectivity index (χ0) is 14.5. The van der Waals surface area contributed by atoms with Crippen molar-refractivity contribution in [3.63, 3.8) is 0 Å². The van der Waals surface area contributed by atoms with Crippen LogP contribution < -0.4 is 0 Å². The van der Waals surface area contributed by atoms with Crippen molar-refractivity contribution < 1.29 is 22.2 Å². The molecular formula is C12H13F3N2O2. The summed E-state index contributed by atoms with van der Waals surface area (Å²) < 4.78 is 46.4. The van der Waals surface area contributed by atoms with Gasteiger partial charge in [0, 0.05) is 5.39 Å². The number of fused-ring (bicyclic) bond motifs is 1. The Kier molecular flexibility index (Phi) is 4.80. The summed E-state index contributed by atoms with van der Waals surface area (Å²) >= 11 is 0. The van der Waals surface area contributed by atoms with E-state index in [1.54, 1.807) is 24.3 Å². The minimum Gasteiger partial charge on any atom is -0.351 e. The van der Waals surface area contributed by atoms with Crippen LogP contribution in [0.5, 0.6) is 0 Å². The number of benzene rings is 1. The normalized spacial score (nSPS) is 10.6. The number of H-pyrrole nitrogens is 1. The van der Waals surface area contributed by atoms with Crippen LogP contribution in [0.4, 0.5) is 13.2 Å². The highest BCUT2D eigenvalue weighted by Crippen LogP contribution is 2.22. The second kappa shape index (κ2) is 6.12. The summed E-state index contributed by atoms with van der Waals surface area (Å²) in [6, 6.07) is 7.50. The van der Waals surface area contributed by atoms with Crippen molar-refractivity contribution in [1.29, 1.82) is 5.41 Å². The summed E-state index contributed by atoms with van der Waals surface area (Å²) in [6.45, 7) is 4.00. The van der Waals surface area contributed by atoms with Crippen molar-refractivity contribution in [2.45, 2.75) is 20.0 Å². The van der Waals surface area contributed by atoms with Gasteiger partial charge >= 0.3 is 6.18 Å². The van der Waals surface area contributed by atoms with E-state index in [0.717, 1.165) is 6.07 Å². The van der Waals surface area contributed by atoms with Gasteiger partial charge in [-0.3, -0.25) is 5.41 Å². The van der Waals surface area contributed by atoms with E-state index in [2.05, 4.69) is 4.52 Å². The number of para-hydroxylation sites is 1. The van der Waals surface area contributed by atoms with Gasteiger partial charge in [0.05, 0.1) is 0 Å². The van der Waals surface area contributed by atoms with E-state index in [4.69, 9.17) is 9.93 Å². The first-order valence-electron chi connectivity index (χ1n) is 5.54. The Morgan fingerprint density at radius 1 is 1.16 bits per heavy atom. The van der Waals surface area contributed by atoms with Crippen LogP contribution >= 0.6 is 0 Å². The molecule has 0 aliphatic heterocycles. The van der Waals surface area contributed by atoms with Gasteiger partial charge in [0.25, 0.3) is 0 Å². The second-order valence-corrected chi connectivity index (χ2v) is 3.21. The molecule has 2 N–H and O–H groups in total. The van der Waals surface area contributed by atoms with Crippen molar-refractivity contribution in [2.24, 2.45) is 0 Å². The maximum absolute atomic E-state index is 12.3. The van der Waals surface area contributed by atoms with E-state index < -0.39 is 17.6 Å². The first-order valence-corrected chi connectivity index (χ1v) is 5.54. The number of hydrogen-bond acceptors (Lipinski definition) is 3. The van der Waals surface area contributed by atoms with Crippen molar-refractivity contribution in [1.82, 2.24) is 5.33 Å². The SMILES string of the molecule is CC.N=C(c1cc2ccccc2o[nH]o1)C(F)(F)F. The van der Waals surface area contributed by atoms with Gasteiger partial charge in [0.15, 0.2) is 17.1 Å². The Hall–Kier alpha value is -2.18. The van der Waals surface area contributed by atoms with E-state index in [1.807, 2.05) is 19.2 Å². The highest BCUT2D eigenvalue weighted by Gasteiger charge is 2.37. The van der Waals surface area contributed by atoms with Gasteiger partial charge in [-0.25, -0.2) is 0 Å². The molecule has 0 atom stereocenters. The van der Waals surface area contributed by atoms with Crippen molar-refractivity contribution in [3.05, 3.63) is 36.1 Å². The zero-order valence-corrected chi connectivity index (χ0v) is 10.3. The molecule has 0 spiro atoms. The molecule has 0 aliphatic rings. The van der Waals surface area contributed by atoms with Gasteiger partial charge in [-0.05, 0) is 12.1 Å². The van der Waals surface area contributed by atoms with Crippen LogP contribution in [0, 0.1) is 5.41 Å². The molecule has 1 aromatic carbocycles. The van der Waals surface area contributed by atoms with Gasteiger partial charge in [-0.15, -0.1) is 0 Å². The molecule has 2 aromatic rings. The minimum absolute atomic E-state index is 0.317. The Labute approximate surface area is 107 Å². The van der Waals surface area contributed by atoms with Gasteiger partial charge in [0.1, 0.15) is 0 Å². The molecular weight excluding hydrogens is 261 g/mol. The number of alkyl halides is 3. The Balaban J connectivity index is 0.000000861. The van der Waals surface area contributed by atoms with Crippen LogP contribution in [-0.2, 0) is 0 Å². The topological polar surface area (TPSA) is 65.9 Å². The van der Waals surface area contributed by atoms with Crippen LogP contribution in [0.1, 0.15) is 19.6 Å². The maximum atomic E-state index is 12.3. The lowest BCUT2D eigenvalue weighted by atomic mass is 10.2. The van der Waals surface area contributed by atoms with Gasteiger partial charge < -0.3 is 9.05 Å². The molecule has 104 valence electrons. The fourth-order valence-electron chi connectivity index (χ4n) is 1.24. The molecule has 0 unspecified atom stereocenters. The quantitative estimate of drug-likeness (QED) is 0.755. The van der Waals surface area contributed by atoms with Gasteiger partial charge in [-0.1, -0.05) is 37.4 Å². The average molecular weight is 274 g/mol. The molecule has 2 rings (SSSR count). The van der Waals surface area contributed by atoms with Crippen molar-refractivity contribution >= 4 is 16.7 Å². The van der Waals surface area contributed by atoms with Crippen LogP contribution in [0.3, 0.4) is 0 Å². The maximum Gasteiger partial charge on any atom is 0.436 e. The monoisotopic (exact) mass is 274 g/mol. The molecule has 0 aliphatic carbocycles. The van der Waals surface area contributed by atoms with Crippen LogP contribution in [-0.4, -0.2) is 17.2 Å². The number of hydrogen-bond donors (Lipinski definition) is 2. The lowest BCUT2D eigenvalue weighted by Crippen LogP contribution is -2.22. The summed E-state index contributed by atoms with van der Waals surface area (Å²) in [5.74, 6) is -0.651. The summed E-state index contributed by atoms with van der Waals surface area (Å²) in [6.07, 6.45) is -4.77. The predicted octanol–water partition coefficient (Wildman–Crippen LogP) is 4.43. The Bertz CT molecular complexity index is 591. The van der Waals surface area contributed by atoms with E-state index in [1.165, 1.54) is 0 Å². The molecule has 4 nitrogen and oxygen atoms in total. The minimum atomic E-state index is -4.77. The number of nitrogens with one attached hydrogen (secondary N) is 2. The molecule has 1 heterocycles. The standard InChI is InChI=1S/C10H7F3N2O2.C2H6/c11-10(12,13)9(14)8-5-6-3-1-2-4-7(6)16-15-17-8;1-2/h1-5,14-15H;1-2H3. The largest absolute Gasteiger partial charge is 0.436 e. The third-order valence-electron chi connectivity index (χ3n) is 2.04. The van der Waals surface area contributed by atoms with Crippen molar-refractivity contribution in [2.75, 3.05) is 0 Å². The van der Waals surface area contributed by atoms with Crippen LogP contribution in [0.2, 0.25) is 0 Å². The molecule has 0 saturated carbocycles. The fraction of sp³-hybridized carbons (Fsp3) is 0.250. The van der Waals surface area contributed by atoms with E-state index in [9.17, 15) is 13.2 Å². The molecule has 19 heavy (non-hydrogen) atoms. The first-order chi connectivity index (χ1) is 8.98. The Morgan fingerprint density at radius 3 is 2.42 bits per heavy atom. The third-order valence-corrected chi connectivity index (χ3v) is 2.04. The van der Waals surface area contributed by atoms with E-state index in [0.29, 0.717) is 11.0 Å². The number of aromatic nitrogens is 1. The number of rotatable bonds is 1. The second-order valence-electron chi connectivity index (χ2n) is 3.21. The molecule has 7 heteroatoms. The molecule has 0 fully saturated rings. The highest BCUT2D eigenvalue weighted by atomic mass is 19.4. The first kappa shape index (κ1) is 14.9. The number of halogens is 3. The molecule has 0 bridgehead atoms. The molecule has 1 aromatic heterocycles. The number of aromatic amines is 1. The van der Waals surface area contributed by atoms with Crippen molar-refractivity contribution in [3.8, 4) is 0 Å². The van der Waals surface area contributed by atoms with E-state index in [-0.39, 0.29) is 0 Å². The predicted molar refractivity (Wildman–Crippen MR) is 64.7 cm³/mol.